The molecule has 3 aromatic heterocycles. The molecular formula is C20H19N5O3. The summed E-state index contributed by atoms with van der Waals surface area (Å²) in [4.78, 5) is 28.1. The number of anilines is 1. The normalized spacial score (nSPS) is 16.0. The molecule has 1 atom stereocenters. The van der Waals surface area contributed by atoms with Crippen LogP contribution >= 0.6 is 0 Å². The van der Waals surface area contributed by atoms with Gasteiger partial charge in [-0.15, -0.1) is 0 Å². The van der Waals surface area contributed by atoms with Gasteiger partial charge in [0.25, 0.3) is 0 Å². The maximum absolute atomic E-state index is 12.5. The fourth-order valence-corrected chi connectivity index (χ4v) is 3.60. The van der Waals surface area contributed by atoms with E-state index in [0.717, 1.165) is 24.4 Å². The molecule has 0 bridgehead atoms. The van der Waals surface area contributed by atoms with Gasteiger partial charge in [-0.1, -0.05) is 12.1 Å². The van der Waals surface area contributed by atoms with Crippen molar-refractivity contribution in [2.75, 3.05) is 31.2 Å². The number of hydrogen-bond acceptors (Lipinski definition) is 7. The SMILES string of the molecule is CC(c1cc(=O)c2ccccc2o1)n1cnc2c(N3CCOCC3)ncnc21. The van der Waals surface area contributed by atoms with E-state index in [9.17, 15) is 4.79 Å². The number of hydrogen-bond donors (Lipinski definition) is 0. The predicted molar refractivity (Wildman–Crippen MR) is 105 cm³/mol. The molecule has 1 saturated heterocycles. The number of para-hydroxylation sites is 1. The maximum Gasteiger partial charge on any atom is 0.193 e. The summed E-state index contributed by atoms with van der Waals surface area (Å²) in [6.45, 7) is 4.85. The highest BCUT2D eigenvalue weighted by Crippen LogP contribution is 2.27. The lowest BCUT2D eigenvalue weighted by atomic mass is 10.2. The number of nitrogens with zero attached hydrogens (tertiary/aromatic N) is 5. The first kappa shape index (κ1) is 16.9. The van der Waals surface area contributed by atoms with Gasteiger partial charge in [-0.2, -0.15) is 0 Å². The first-order valence-corrected chi connectivity index (χ1v) is 9.25. The number of ether oxygens (including phenoxy) is 1. The van der Waals surface area contributed by atoms with E-state index in [2.05, 4.69) is 19.9 Å². The van der Waals surface area contributed by atoms with Gasteiger partial charge >= 0.3 is 0 Å². The Balaban J connectivity index is 1.59. The van der Waals surface area contributed by atoms with E-state index < -0.39 is 0 Å². The fourth-order valence-electron chi connectivity index (χ4n) is 3.60. The number of aromatic nitrogens is 4. The highest BCUT2D eigenvalue weighted by molar-refractivity contribution is 5.83. The van der Waals surface area contributed by atoms with Crippen LogP contribution in [0.4, 0.5) is 5.82 Å². The molecule has 8 heteroatoms. The molecule has 4 aromatic rings. The smallest absolute Gasteiger partial charge is 0.193 e. The van der Waals surface area contributed by atoms with Crippen molar-refractivity contribution in [1.82, 2.24) is 19.5 Å². The van der Waals surface area contributed by atoms with Crippen molar-refractivity contribution in [3.05, 3.63) is 59.0 Å². The summed E-state index contributed by atoms with van der Waals surface area (Å²) in [6, 6.07) is 8.56. The van der Waals surface area contributed by atoms with Gasteiger partial charge in [0.15, 0.2) is 22.4 Å². The Hall–Kier alpha value is -3.26. The van der Waals surface area contributed by atoms with Crippen molar-refractivity contribution in [3.8, 4) is 0 Å². The molecule has 0 amide bonds. The summed E-state index contributed by atoms with van der Waals surface area (Å²) in [5, 5.41) is 0.575. The lowest BCUT2D eigenvalue weighted by Crippen LogP contribution is -2.37. The Labute approximate surface area is 160 Å². The van der Waals surface area contributed by atoms with Gasteiger partial charge in [0.2, 0.25) is 0 Å². The number of fused-ring (bicyclic) bond motifs is 2. The largest absolute Gasteiger partial charge is 0.459 e. The van der Waals surface area contributed by atoms with E-state index in [0.29, 0.717) is 35.6 Å². The summed E-state index contributed by atoms with van der Waals surface area (Å²) in [5.74, 6) is 1.37. The molecule has 1 aliphatic rings. The third-order valence-corrected chi connectivity index (χ3v) is 5.13. The van der Waals surface area contributed by atoms with E-state index in [4.69, 9.17) is 9.15 Å². The maximum atomic E-state index is 12.5. The number of rotatable bonds is 3. The van der Waals surface area contributed by atoms with Crippen LogP contribution in [0.5, 0.6) is 0 Å². The highest BCUT2D eigenvalue weighted by atomic mass is 16.5. The summed E-state index contributed by atoms with van der Waals surface area (Å²) in [5.41, 5.74) is 1.96. The summed E-state index contributed by atoms with van der Waals surface area (Å²) in [6.07, 6.45) is 3.28. The van der Waals surface area contributed by atoms with Crippen molar-refractivity contribution >= 4 is 28.0 Å². The zero-order chi connectivity index (χ0) is 19.1. The van der Waals surface area contributed by atoms with Gasteiger partial charge in [0, 0.05) is 19.2 Å². The van der Waals surface area contributed by atoms with Crippen molar-refractivity contribution in [2.24, 2.45) is 0 Å². The third kappa shape index (κ3) is 2.73. The molecule has 1 fully saturated rings. The molecule has 1 aromatic carbocycles. The Morgan fingerprint density at radius 1 is 1.11 bits per heavy atom. The van der Waals surface area contributed by atoms with Crippen LogP contribution in [0.1, 0.15) is 18.7 Å². The van der Waals surface area contributed by atoms with Crippen molar-refractivity contribution in [3.63, 3.8) is 0 Å². The molecule has 142 valence electrons. The van der Waals surface area contributed by atoms with E-state index >= 15 is 0 Å². The van der Waals surface area contributed by atoms with Crippen LogP contribution in [0.3, 0.4) is 0 Å². The third-order valence-electron chi connectivity index (χ3n) is 5.13. The zero-order valence-electron chi connectivity index (χ0n) is 15.4. The number of imidazole rings is 1. The van der Waals surface area contributed by atoms with Crippen molar-refractivity contribution < 1.29 is 9.15 Å². The molecule has 0 N–H and O–H groups in total. The molecule has 1 unspecified atom stereocenters. The lowest BCUT2D eigenvalue weighted by molar-refractivity contribution is 0.122. The molecule has 0 radical (unpaired) electrons. The van der Waals surface area contributed by atoms with E-state index in [1.807, 2.05) is 23.6 Å². The van der Waals surface area contributed by atoms with Crippen LogP contribution in [0.2, 0.25) is 0 Å². The van der Waals surface area contributed by atoms with Crippen LogP contribution in [0, 0.1) is 0 Å². The minimum atomic E-state index is -0.241. The van der Waals surface area contributed by atoms with Gasteiger partial charge in [0.05, 0.1) is 31.0 Å². The monoisotopic (exact) mass is 377 g/mol. The van der Waals surface area contributed by atoms with Gasteiger partial charge in [-0.25, -0.2) is 15.0 Å². The molecule has 1 aliphatic heterocycles. The predicted octanol–water partition coefficient (Wildman–Crippen LogP) is 2.38. The Morgan fingerprint density at radius 3 is 2.79 bits per heavy atom. The topological polar surface area (TPSA) is 86.3 Å². The van der Waals surface area contributed by atoms with E-state index in [-0.39, 0.29) is 11.5 Å². The van der Waals surface area contributed by atoms with Crippen molar-refractivity contribution in [1.29, 1.82) is 0 Å². The van der Waals surface area contributed by atoms with Crippen LogP contribution < -0.4 is 10.3 Å². The van der Waals surface area contributed by atoms with Crippen molar-refractivity contribution in [2.45, 2.75) is 13.0 Å². The molecule has 8 nitrogen and oxygen atoms in total. The Morgan fingerprint density at radius 2 is 1.93 bits per heavy atom. The molecule has 0 spiro atoms. The Kier molecular flexibility index (Phi) is 4.05. The quantitative estimate of drug-likeness (QED) is 0.542. The second kappa shape index (κ2) is 6.72. The summed E-state index contributed by atoms with van der Waals surface area (Å²) in [7, 11) is 0. The minimum Gasteiger partial charge on any atom is -0.459 e. The van der Waals surface area contributed by atoms with Gasteiger partial charge in [-0.3, -0.25) is 4.79 Å². The average Bonchev–Trinajstić information content (AvgIpc) is 3.18. The standard InChI is InChI=1S/C20H19N5O3/c1-13(17-10-15(26)14-4-2-3-5-16(14)28-17)25-12-23-18-19(21-11-22-20(18)25)24-6-8-27-9-7-24/h2-5,10-13H,6-9H2,1H3. The molecule has 4 heterocycles. The summed E-state index contributed by atoms with van der Waals surface area (Å²) < 4.78 is 13.3. The minimum absolute atomic E-state index is 0.0586. The van der Waals surface area contributed by atoms with Gasteiger partial charge < -0.3 is 18.6 Å². The lowest BCUT2D eigenvalue weighted by Gasteiger charge is -2.27. The van der Waals surface area contributed by atoms with Gasteiger partial charge in [0.1, 0.15) is 17.7 Å². The van der Waals surface area contributed by atoms with E-state index in [1.165, 1.54) is 0 Å². The summed E-state index contributed by atoms with van der Waals surface area (Å²) >= 11 is 0. The van der Waals surface area contributed by atoms with Gasteiger partial charge in [-0.05, 0) is 19.1 Å². The van der Waals surface area contributed by atoms with Crippen LogP contribution in [0.25, 0.3) is 22.1 Å². The first-order chi connectivity index (χ1) is 13.7. The molecule has 28 heavy (non-hydrogen) atoms. The van der Waals surface area contributed by atoms with Crippen LogP contribution in [-0.2, 0) is 4.74 Å². The molecule has 0 saturated carbocycles. The zero-order valence-corrected chi connectivity index (χ0v) is 15.4. The number of morpholine rings is 1. The number of benzene rings is 1. The molecule has 0 aliphatic carbocycles. The molecular weight excluding hydrogens is 358 g/mol. The fraction of sp³-hybridized carbons (Fsp3) is 0.300. The first-order valence-electron chi connectivity index (χ1n) is 9.25. The highest BCUT2D eigenvalue weighted by Gasteiger charge is 2.21. The second-order valence-corrected chi connectivity index (χ2v) is 6.81. The second-order valence-electron chi connectivity index (χ2n) is 6.81. The average molecular weight is 377 g/mol. The Bertz CT molecular complexity index is 1210. The van der Waals surface area contributed by atoms with Crippen LogP contribution in [-0.4, -0.2) is 45.8 Å². The van der Waals surface area contributed by atoms with Crippen LogP contribution in [0.15, 0.2) is 52.2 Å². The molecule has 5 rings (SSSR count). The van der Waals surface area contributed by atoms with E-state index in [1.54, 1.807) is 30.9 Å².